The lowest BCUT2D eigenvalue weighted by Gasteiger charge is -2.34. The van der Waals surface area contributed by atoms with Crippen LogP contribution in [-0.4, -0.2) is 67.1 Å². The van der Waals surface area contributed by atoms with E-state index in [0.29, 0.717) is 55.0 Å². The van der Waals surface area contributed by atoms with Gasteiger partial charge in [0.1, 0.15) is 17.2 Å². The lowest BCUT2D eigenvalue weighted by atomic mass is 10.2. The number of benzene rings is 1. The largest absolute Gasteiger partial charge is 0.497 e. The first kappa shape index (κ1) is 20.4. The molecular weight excluding hydrogens is 374 g/mol. The number of aryl methyl sites for hydroxylation is 1. The van der Waals surface area contributed by atoms with Crippen LogP contribution < -0.4 is 19.7 Å². The standard InChI is InChI=1S/C20H25N5O4/c1-13-11-17(19(27)22-16-6-5-15(28-3)12-18(16)29-4)23-20(21-13)25-9-7-24(8-10-25)14(2)26/h5-6,11-12H,7-10H2,1-4H3,(H,22,27). The molecule has 1 aromatic carbocycles. The maximum absolute atomic E-state index is 12.8. The van der Waals surface area contributed by atoms with Crippen molar-refractivity contribution in [1.82, 2.24) is 14.9 Å². The minimum Gasteiger partial charge on any atom is -0.497 e. The van der Waals surface area contributed by atoms with Crippen molar-refractivity contribution >= 4 is 23.5 Å². The molecule has 9 heteroatoms. The van der Waals surface area contributed by atoms with Crippen molar-refractivity contribution in [3.05, 3.63) is 35.7 Å². The van der Waals surface area contributed by atoms with Gasteiger partial charge in [0.05, 0.1) is 19.9 Å². The number of nitrogens with one attached hydrogen (secondary N) is 1. The van der Waals surface area contributed by atoms with Crippen molar-refractivity contribution in [2.45, 2.75) is 13.8 Å². The van der Waals surface area contributed by atoms with Crippen molar-refractivity contribution in [3.63, 3.8) is 0 Å². The number of aromatic nitrogens is 2. The summed E-state index contributed by atoms with van der Waals surface area (Å²) >= 11 is 0. The van der Waals surface area contributed by atoms with E-state index >= 15 is 0 Å². The van der Waals surface area contributed by atoms with E-state index in [0.717, 1.165) is 0 Å². The molecule has 0 atom stereocenters. The van der Waals surface area contributed by atoms with E-state index in [1.807, 2.05) is 11.8 Å². The quantitative estimate of drug-likeness (QED) is 0.818. The topological polar surface area (TPSA) is 96.9 Å². The van der Waals surface area contributed by atoms with E-state index in [9.17, 15) is 9.59 Å². The van der Waals surface area contributed by atoms with E-state index < -0.39 is 0 Å². The van der Waals surface area contributed by atoms with Gasteiger partial charge in [-0.1, -0.05) is 0 Å². The Morgan fingerprint density at radius 3 is 2.38 bits per heavy atom. The third-order valence-electron chi connectivity index (χ3n) is 4.74. The molecule has 0 bridgehead atoms. The van der Waals surface area contributed by atoms with E-state index in [1.165, 1.54) is 7.11 Å². The third kappa shape index (κ3) is 4.74. The number of hydrogen-bond acceptors (Lipinski definition) is 7. The summed E-state index contributed by atoms with van der Waals surface area (Å²) in [7, 11) is 3.09. The average molecular weight is 399 g/mol. The molecule has 29 heavy (non-hydrogen) atoms. The zero-order valence-corrected chi connectivity index (χ0v) is 17.1. The van der Waals surface area contributed by atoms with Crippen LogP contribution in [0, 0.1) is 6.92 Å². The fraction of sp³-hybridized carbons (Fsp3) is 0.400. The highest BCUT2D eigenvalue weighted by molar-refractivity contribution is 6.04. The molecule has 1 fully saturated rings. The number of piperazine rings is 1. The highest BCUT2D eigenvalue weighted by Crippen LogP contribution is 2.29. The fourth-order valence-electron chi connectivity index (χ4n) is 3.12. The van der Waals surface area contributed by atoms with Gasteiger partial charge < -0.3 is 24.6 Å². The summed E-state index contributed by atoms with van der Waals surface area (Å²) in [6, 6.07) is 6.79. The molecule has 9 nitrogen and oxygen atoms in total. The summed E-state index contributed by atoms with van der Waals surface area (Å²) < 4.78 is 10.5. The Morgan fingerprint density at radius 1 is 1.03 bits per heavy atom. The van der Waals surface area contributed by atoms with Crippen LogP contribution in [0.1, 0.15) is 23.1 Å². The molecule has 1 aliphatic heterocycles. The summed E-state index contributed by atoms with van der Waals surface area (Å²) in [5.74, 6) is 1.31. The fourth-order valence-corrected chi connectivity index (χ4v) is 3.12. The van der Waals surface area contributed by atoms with E-state index in [4.69, 9.17) is 9.47 Å². The molecule has 0 saturated carbocycles. The van der Waals surface area contributed by atoms with E-state index in [2.05, 4.69) is 15.3 Å². The van der Waals surface area contributed by atoms with E-state index in [1.54, 1.807) is 43.2 Å². The lowest BCUT2D eigenvalue weighted by Crippen LogP contribution is -2.48. The molecule has 1 aromatic heterocycles. The zero-order chi connectivity index (χ0) is 21.0. The maximum Gasteiger partial charge on any atom is 0.274 e. The number of methoxy groups -OCH3 is 2. The summed E-state index contributed by atoms with van der Waals surface area (Å²) in [6.45, 7) is 5.84. The summed E-state index contributed by atoms with van der Waals surface area (Å²) in [6.07, 6.45) is 0. The number of hydrogen-bond donors (Lipinski definition) is 1. The second-order valence-corrected chi connectivity index (χ2v) is 6.71. The predicted octanol–water partition coefficient (Wildman–Crippen LogP) is 1.72. The van der Waals surface area contributed by atoms with Gasteiger partial charge in [0.2, 0.25) is 11.9 Å². The molecule has 0 spiro atoms. The normalized spacial score (nSPS) is 13.8. The van der Waals surface area contributed by atoms with Gasteiger partial charge in [0, 0.05) is 44.9 Å². The summed E-state index contributed by atoms with van der Waals surface area (Å²) in [5, 5.41) is 2.83. The number of ether oxygens (including phenoxy) is 2. The lowest BCUT2D eigenvalue weighted by molar-refractivity contribution is -0.129. The molecular formula is C20H25N5O4. The molecule has 2 heterocycles. The second kappa shape index (κ2) is 8.76. The molecule has 0 aliphatic carbocycles. The number of carbonyl (C=O) groups excluding carboxylic acids is 2. The van der Waals surface area contributed by atoms with Crippen LogP contribution in [0.2, 0.25) is 0 Å². The first-order chi connectivity index (χ1) is 13.9. The number of carbonyl (C=O) groups is 2. The Bertz CT molecular complexity index is 910. The van der Waals surface area contributed by atoms with Crippen molar-refractivity contribution in [2.24, 2.45) is 0 Å². The van der Waals surface area contributed by atoms with E-state index in [-0.39, 0.29) is 17.5 Å². The number of anilines is 2. The molecule has 1 saturated heterocycles. The molecule has 3 rings (SSSR count). The molecule has 1 aliphatic rings. The molecule has 0 radical (unpaired) electrons. The maximum atomic E-state index is 12.8. The smallest absolute Gasteiger partial charge is 0.274 e. The van der Waals surface area contributed by atoms with Gasteiger partial charge in [-0.05, 0) is 25.1 Å². The van der Waals surface area contributed by atoms with Crippen molar-refractivity contribution in [3.8, 4) is 11.5 Å². The predicted molar refractivity (Wildman–Crippen MR) is 109 cm³/mol. The highest BCUT2D eigenvalue weighted by Gasteiger charge is 2.22. The zero-order valence-electron chi connectivity index (χ0n) is 17.1. The Hall–Kier alpha value is -3.36. The molecule has 1 N–H and O–H groups in total. The number of amides is 2. The molecule has 0 unspecified atom stereocenters. The second-order valence-electron chi connectivity index (χ2n) is 6.71. The Kier molecular flexibility index (Phi) is 6.16. The van der Waals surface area contributed by atoms with Crippen molar-refractivity contribution in [2.75, 3.05) is 50.6 Å². The average Bonchev–Trinajstić information content (AvgIpc) is 2.73. The monoisotopic (exact) mass is 399 g/mol. The van der Waals surface area contributed by atoms with Crippen LogP contribution in [0.3, 0.4) is 0 Å². The first-order valence-corrected chi connectivity index (χ1v) is 9.30. The summed E-state index contributed by atoms with van der Waals surface area (Å²) in [5.41, 5.74) is 1.47. The van der Waals surface area contributed by atoms with Gasteiger partial charge in [-0.3, -0.25) is 9.59 Å². The van der Waals surface area contributed by atoms with Gasteiger partial charge in [0.25, 0.3) is 5.91 Å². The van der Waals surface area contributed by atoms with Gasteiger partial charge in [0.15, 0.2) is 0 Å². The highest BCUT2D eigenvalue weighted by atomic mass is 16.5. The van der Waals surface area contributed by atoms with Crippen molar-refractivity contribution in [1.29, 1.82) is 0 Å². The molecule has 2 amide bonds. The van der Waals surface area contributed by atoms with Crippen LogP contribution in [0.15, 0.2) is 24.3 Å². The van der Waals surface area contributed by atoms with Crippen LogP contribution >= 0.6 is 0 Å². The van der Waals surface area contributed by atoms with Gasteiger partial charge in [-0.25, -0.2) is 9.97 Å². The Balaban J connectivity index is 1.78. The van der Waals surface area contributed by atoms with Crippen LogP contribution in [-0.2, 0) is 4.79 Å². The van der Waals surface area contributed by atoms with Crippen LogP contribution in [0.4, 0.5) is 11.6 Å². The number of nitrogens with zero attached hydrogens (tertiary/aromatic N) is 4. The minimum absolute atomic E-state index is 0.0586. The van der Waals surface area contributed by atoms with Crippen LogP contribution in [0.5, 0.6) is 11.5 Å². The summed E-state index contributed by atoms with van der Waals surface area (Å²) in [4.78, 5) is 37.0. The minimum atomic E-state index is -0.359. The number of rotatable bonds is 5. The van der Waals surface area contributed by atoms with Gasteiger partial charge >= 0.3 is 0 Å². The first-order valence-electron chi connectivity index (χ1n) is 9.30. The SMILES string of the molecule is COc1ccc(NC(=O)c2cc(C)nc(N3CCN(C(C)=O)CC3)n2)c(OC)c1. The molecule has 2 aromatic rings. The van der Waals surface area contributed by atoms with Crippen molar-refractivity contribution < 1.29 is 19.1 Å². The van der Waals surface area contributed by atoms with Gasteiger partial charge in [-0.2, -0.15) is 0 Å². The Labute approximate surface area is 169 Å². The molecule has 154 valence electrons. The van der Waals surface area contributed by atoms with Crippen LogP contribution in [0.25, 0.3) is 0 Å². The Morgan fingerprint density at radius 2 is 1.76 bits per heavy atom. The van der Waals surface area contributed by atoms with Gasteiger partial charge in [-0.15, -0.1) is 0 Å². The third-order valence-corrected chi connectivity index (χ3v) is 4.74.